The van der Waals surface area contributed by atoms with E-state index < -0.39 is 10.0 Å². The van der Waals surface area contributed by atoms with Crippen LogP contribution in [0.1, 0.15) is 31.7 Å². The number of nitrogens with one attached hydrogen (secondary N) is 1. The van der Waals surface area contributed by atoms with Crippen LogP contribution in [0.3, 0.4) is 0 Å². The fraction of sp³-hybridized carbons (Fsp3) is 0.417. The van der Waals surface area contributed by atoms with E-state index in [0.29, 0.717) is 16.3 Å². The van der Waals surface area contributed by atoms with Crippen molar-refractivity contribution in [2.45, 2.75) is 36.6 Å². The minimum Gasteiger partial charge on any atom is -0.263 e. The third kappa shape index (κ3) is 1.65. The first-order valence-electron chi connectivity index (χ1n) is 5.72. The van der Waals surface area contributed by atoms with E-state index in [0.717, 1.165) is 12.8 Å². The molecule has 1 N–H and O–H groups in total. The summed E-state index contributed by atoms with van der Waals surface area (Å²) in [5.41, 5.74) is 0.607. The van der Waals surface area contributed by atoms with Crippen molar-refractivity contribution in [2.75, 3.05) is 0 Å². The molecular formula is C12H14N2O2S. The summed E-state index contributed by atoms with van der Waals surface area (Å²) in [5, 5.41) is 0. The van der Waals surface area contributed by atoms with E-state index in [1.807, 2.05) is 6.07 Å². The third-order valence-electron chi connectivity index (χ3n) is 3.48. The predicted octanol–water partition coefficient (Wildman–Crippen LogP) is 1.67. The van der Waals surface area contributed by atoms with Crippen molar-refractivity contribution >= 4 is 15.9 Å². The molecule has 1 heterocycles. The summed E-state index contributed by atoms with van der Waals surface area (Å²) in [7, 11) is -3.39. The fourth-order valence-corrected chi connectivity index (χ4v) is 3.52. The summed E-state index contributed by atoms with van der Waals surface area (Å²) in [6, 6.07) is 6.98. The molecule has 0 amide bonds. The first kappa shape index (κ1) is 10.8. The minimum atomic E-state index is -3.39. The maximum atomic E-state index is 11.9. The molecule has 90 valence electrons. The molecule has 0 aromatic heterocycles. The maximum absolute atomic E-state index is 11.9. The number of hydrogen-bond acceptors (Lipinski definition) is 3. The van der Waals surface area contributed by atoms with Crippen molar-refractivity contribution in [3.63, 3.8) is 0 Å². The molecule has 1 fully saturated rings. The highest BCUT2D eigenvalue weighted by Crippen LogP contribution is 2.36. The number of amidine groups is 1. The van der Waals surface area contributed by atoms with Crippen LogP contribution in [0.2, 0.25) is 0 Å². The summed E-state index contributed by atoms with van der Waals surface area (Å²) >= 11 is 0. The number of hydrogen-bond donors (Lipinski definition) is 1. The Labute approximate surface area is 101 Å². The molecule has 0 bridgehead atoms. The van der Waals surface area contributed by atoms with E-state index in [1.54, 1.807) is 18.2 Å². The van der Waals surface area contributed by atoms with Gasteiger partial charge in [-0.25, -0.2) is 8.42 Å². The van der Waals surface area contributed by atoms with Crippen LogP contribution in [0.4, 0.5) is 0 Å². The lowest BCUT2D eigenvalue weighted by Crippen LogP contribution is -2.35. The topological polar surface area (TPSA) is 58.5 Å². The zero-order chi connectivity index (χ0) is 12.1. The summed E-state index contributed by atoms with van der Waals surface area (Å²) in [6.45, 7) is 2.07. The molecule has 2 aliphatic rings. The molecule has 1 aromatic carbocycles. The Bertz CT molecular complexity index is 601. The Morgan fingerprint density at radius 1 is 1.29 bits per heavy atom. The number of nitrogens with zero attached hydrogens (tertiary/aromatic N) is 1. The van der Waals surface area contributed by atoms with Gasteiger partial charge in [-0.2, -0.15) is 0 Å². The standard InChI is InChI=1S/C12H14N2O2S/c1-12(7-4-8-12)13-11-9-5-2-3-6-10(9)17(15,16)14-11/h2-3,5-6H,4,7-8H2,1H3,(H,13,14). The van der Waals surface area contributed by atoms with Crippen molar-refractivity contribution in [2.24, 2.45) is 4.99 Å². The van der Waals surface area contributed by atoms with Crippen molar-refractivity contribution in [3.8, 4) is 0 Å². The van der Waals surface area contributed by atoms with Gasteiger partial charge in [0, 0.05) is 5.56 Å². The van der Waals surface area contributed by atoms with E-state index >= 15 is 0 Å². The van der Waals surface area contributed by atoms with E-state index in [-0.39, 0.29) is 5.54 Å². The van der Waals surface area contributed by atoms with Gasteiger partial charge in [-0.1, -0.05) is 12.1 Å². The van der Waals surface area contributed by atoms with Gasteiger partial charge in [0.25, 0.3) is 10.0 Å². The number of fused-ring (bicyclic) bond motifs is 1. The predicted molar refractivity (Wildman–Crippen MR) is 65.6 cm³/mol. The average Bonchev–Trinajstić information content (AvgIpc) is 2.49. The summed E-state index contributed by atoms with van der Waals surface area (Å²) < 4.78 is 26.3. The van der Waals surface area contributed by atoms with Gasteiger partial charge in [-0.05, 0) is 38.3 Å². The smallest absolute Gasteiger partial charge is 0.263 e. The van der Waals surface area contributed by atoms with Crippen molar-refractivity contribution in [3.05, 3.63) is 29.8 Å². The maximum Gasteiger partial charge on any atom is 0.263 e. The van der Waals surface area contributed by atoms with Crippen LogP contribution >= 0.6 is 0 Å². The van der Waals surface area contributed by atoms with Crippen LogP contribution in [0, 0.1) is 0 Å². The Morgan fingerprint density at radius 3 is 2.65 bits per heavy atom. The zero-order valence-corrected chi connectivity index (χ0v) is 10.4. The molecule has 0 atom stereocenters. The molecule has 0 unspecified atom stereocenters. The second kappa shape index (κ2) is 3.32. The van der Waals surface area contributed by atoms with Gasteiger partial charge in [0.05, 0.1) is 10.4 Å². The molecular weight excluding hydrogens is 236 g/mol. The van der Waals surface area contributed by atoms with Crippen LogP contribution in [0.25, 0.3) is 0 Å². The quantitative estimate of drug-likeness (QED) is 0.824. The van der Waals surface area contributed by atoms with Crippen LogP contribution in [0.5, 0.6) is 0 Å². The molecule has 17 heavy (non-hydrogen) atoms. The molecule has 0 saturated heterocycles. The van der Waals surface area contributed by atoms with Gasteiger partial charge >= 0.3 is 0 Å². The molecule has 1 aliphatic carbocycles. The Kier molecular flexibility index (Phi) is 2.10. The second-order valence-electron chi connectivity index (χ2n) is 4.91. The van der Waals surface area contributed by atoms with Crippen molar-refractivity contribution < 1.29 is 8.42 Å². The number of benzene rings is 1. The number of sulfonamides is 1. The second-order valence-corrected chi connectivity index (χ2v) is 6.56. The van der Waals surface area contributed by atoms with E-state index in [9.17, 15) is 8.42 Å². The molecule has 1 aliphatic heterocycles. The molecule has 1 aromatic rings. The Balaban J connectivity index is 2.11. The number of rotatable bonds is 1. The van der Waals surface area contributed by atoms with Crippen molar-refractivity contribution in [1.82, 2.24) is 4.72 Å². The Hall–Kier alpha value is -1.36. The van der Waals surface area contributed by atoms with Crippen LogP contribution < -0.4 is 4.72 Å². The lowest BCUT2D eigenvalue weighted by molar-refractivity contribution is 0.279. The van der Waals surface area contributed by atoms with Crippen molar-refractivity contribution in [1.29, 1.82) is 0 Å². The Morgan fingerprint density at radius 2 is 2.00 bits per heavy atom. The highest BCUT2D eigenvalue weighted by atomic mass is 32.2. The molecule has 4 nitrogen and oxygen atoms in total. The highest BCUT2D eigenvalue weighted by molar-refractivity contribution is 7.90. The SMILES string of the molecule is CC1(N=C2NS(=O)(=O)c3ccccc32)CCC1. The third-order valence-corrected chi connectivity index (χ3v) is 4.87. The van der Waals surface area contributed by atoms with Gasteiger partial charge in [-0.3, -0.25) is 9.71 Å². The first-order chi connectivity index (χ1) is 8.00. The van der Waals surface area contributed by atoms with E-state index in [4.69, 9.17) is 0 Å². The zero-order valence-electron chi connectivity index (χ0n) is 9.60. The lowest BCUT2D eigenvalue weighted by atomic mass is 9.79. The molecule has 0 radical (unpaired) electrons. The highest BCUT2D eigenvalue weighted by Gasteiger charge is 2.36. The lowest BCUT2D eigenvalue weighted by Gasteiger charge is -2.34. The van der Waals surface area contributed by atoms with Gasteiger partial charge in [0.1, 0.15) is 5.84 Å². The molecule has 3 rings (SSSR count). The summed E-state index contributed by atoms with van der Waals surface area (Å²) in [5.74, 6) is 0.503. The summed E-state index contributed by atoms with van der Waals surface area (Å²) in [4.78, 5) is 4.91. The molecule has 0 spiro atoms. The molecule has 1 saturated carbocycles. The van der Waals surface area contributed by atoms with Crippen LogP contribution in [0.15, 0.2) is 34.2 Å². The normalized spacial score (nSPS) is 26.1. The van der Waals surface area contributed by atoms with Crippen LogP contribution in [-0.2, 0) is 10.0 Å². The monoisotopic (exact) mass is 250 g/mol. The summed E-state index contributed by atoms with van der Waals surface area (Å²) in [6.07, 6.45) is 3.22. The largest absolute Gasteiger partial charge is 0.263 e. The minimum absolute atomic E-state index is 0.0880. The van der Waals surface area contributed by atoms with Gasteiger partial charge in [0.2, 0.25) is 0 Å². The van der Waals surface area contributed by atoms with Gasteiger partial charge < -0.3 is 0 Å². The fourth-order valence-electron chi connectivity index (χ4n) is 2.29. The average molecular weight is 250 g/mol. The van der Waals surface area contributed by atoms with E-state index in [1.165, 1.54) is 6.42 Å². The van der Waals surface area contributed by atoms with Crippen LogP contribution in [-0.4, -0.2) is 19.8 Å². The first-order valence-corrected chi connectivity index (χ1v) is 7.21. The number of aliphatic imine (C=N–C) groups is 1. The molecule has 5 heteroatoms. The van der Waals surface area contributed by atoms with Gasteiger partial charge in [0.15, 0.2) is 0 Å². The van der Waals surface area contributed by atoms with E-state index in [2.05, 4.69) is 16.6 Å². The van der Waals surface area contributed by atoms with Gasteiger partial charge in [-0.15, -0.1) is 0 Å².